The summed E-state index contributed by atoms with van der Waals surface area (Å²) in [5.41, 5.74) is 4.39. The van der Waals surface area contributed by atoms with Crippen molar-refractivity contribution >= 4 is 40.6 Å². The minimum Gasteiger partial charge on any atom is -0.496 e. The summed E-state index contributed by atoms with van der Waals surface area (Å²) in [5, 5.41) is 2.30. The number of methoxy groups -OCH3 is 1. The third kappa shape index (κ3) is 4.68. The normalized spacial score (nSPS) is 15.2. The summed E-state index contributed by atoms with van der Waals surface area (Å²) in [6, 6.07) is 11.2. The van der Waals surface area contributed by atoms with Crippen LogP contribution in [0.4, 0.5) is 10.5 Å². The molecule has 150 valence electrons. The van der Waals surface area contributed by atoms with Crippen LogP contribution in [-0.4, -0.2) is 35.6 Å². The number of hydrogen-bond acceptors (Lipinski definition) is 5. The molecule has 0 atom stereocenters. The zero-order valence-electron chi connectivity index (χ0n) is 16.7. The second kappa shape index (κ2) is 8.53. The lowest BCUT2D eigenvalue weighted by molar-refractivity contribution is -0.127. The van der Waals surface area contributed by atoms with Crippen molar-refractivity contribution in [2.24, 2.45) is 0 Å². The lowest BCUT2D eigenvalue weighted by atomic mass is 10.1. The van der Waals surface area contributed by atoms with Crippen LogP contribution in [0.15, 0.2) is 41.3 Å². The molecule has 29 heavy (non-hydrogen) atoms. The zero-order chi connectivity index (χ0) is 21.1. The lowest BCUT2D eigenvalue weighted by Crippen LogP contribution is -2.36. The van der Waals surface area contributed by atoms with Gasteiger partial charge in [-0.15, -0.1) is 0 Å². The van der Waals surface area contributed by atoms with Crippen molar-refractivity contribution in [1.82, 2.24) is 4.90 Å². The van der Waals surface area contributed by atoms with Gasteiger partial charge in [0.1, 0.15) is 12.3 Å². The van der Waals surface area contributed by atoms with Crippen molar-refractivity contribution < 1.29 is 19.1 Å². The van der Waals surface area contributed by atoms with Gasteiger partial charge in [0, 0.05) is 5.69 Å². The molecule has 1 fully saturated rings. The number of aryl methyl sites for hydroxylation is 3. The first-order chi connectivity index (χ1) is 13.8. The van der Waals surface area contributed by atoms with Crippen LogP contribution in [0.5, 0.6) is 5.75 Å². The summed E-state index contributed by atoms with van der Waals surface area (Å²) >= 11 is 0.825. The largest absolute Gasteiger partial charge is 0.496 e. The summed E-state index contributed by atoms with van der Waals surface area (Å²) < 4.78 is 5.29. The highest BCUT2D eigenvalue weighted by Crippen LogP contribution is 2.33. The van der Waals surface area contributed by atoms with Gasteiger partial charge in [-0.1, -0.05) is 29.8 Å². The Bertz CT molecular complexity index is 1030. The number of anilines is 1. The van der Waals surface area contributed by atoms with Gasteiger partial charge in [0.25, 0.3) is 11.1 Å². The fourth-order valence-corrected chi connectivity index (χ4v) is 3.84. The van der Waals surface area contributed by atoms with Gasteiger partial charge in [0.2, 0.25) is 5.91 Å². The standard InChI is InChI=1S/C22H22N2O4S/c1-13-5-8-17(15(3)9-13)23-20(25)12-24-21(26)19(29-22(24)27)11-16-7-6-14(2)18(10-16)28-4/h5-11H,12H2,1-4H3,(H,23,25)/b19-11+. The topological polar surface area (TPSA) is 75.7 Å². The van der Waals surface area contributed by atoms with E-state index in [0.29, 0.717) is 11.4 Å². The molecule has 1 saturated heterocycles. The molecule has 1 N–H and O–H groups in total. The Morgan fingerprint density at radius 1 is 1.10 bits per heavy atom. The summed E-state index contributed by atoms with van der Waals surface area (Å²) in [6.07, 6.45) is 1.63. The summed E-state index contributed by atoms with van der Waals surface area (Å²) in [4.78, 5) is 38.5. The van der Waals surface area contributed by atoms with Crippen molar-refractivity contribution in [1.29, 1.82) is 0 Å². The SMILES string of the molecule is COc1cc(/C=C2/SC(=O)N(CC(=O)Nc3ccc(C)cc3C)C2=O)ccc1C. The third-order valence-electron chi connectivity index (χ3n) is 4.56. The number of imide groups is 1. The highest BCUT2D eigenvalue weighted by atomic mass is 32.2. The fourth-order valence-electron chi connectivity index (χ4n) is 3.00. The molecule has 0 aliphatic carbocycles. The van der Waals surface area contributed by atoms with Crippen LogP contribution >= 0.6 is 11.8 Å². The minimum absolute atomic E-state index is 0.278. The molecule has 0 aromatic heterocycles. The molecular weight excluding hydrogens is 388 g/mol. The monoisotopic (exact) mass is 410 g/mol. The summed E-state index contributed by atoms with van der Waals surface area (Å²) in [6.45, 7) is 5.45. The van der Waals surface area contributed by atoms with Crippen LogP contribution in [0, 0.1) is 20.8 Å². The highest BCUT2D eigenvalue weighted by Gasteiger charge is 2.36. The summed E-state index contributed by atoms with van der Waals surface area (Å²) in [5.74, 6) is -0.196. The number of benzene rings is 2. The lowest BCUT2D eigenvalue weighted by Gasteiger charge is -2.14. The van der Waals surface area contributed by atoms with E-state index in [0.717, 1.165) is 38.9 Å². The average Bonchev–Trinajstić information content (AvgIpc) is 2.93. The van der Waals surface area contributed by atoms with Gasteiger partial charge in [0.05, 0.1) is 12.0 Å². The van der Waals surface area contributed by atoms with E-state index in [-0.39, 0.29) is 11.4 Å². The Morgan fingerprint density at radius 2 is 1.86 bits per heavy atom. The van der Waals surface area contributed by atoms with Crippen molar-refractivity contribution in [3.05, 3.63) is 63.6 Å². The van der Waals surface area contributed by atoms with E-state index in [9.17, 15) is 14.4 Å². The van der Waals surface area contributed by atoms with Crippen molar-refractivity contribution in [3.63, 3.8) is 0 Å². The first-order valence-corrected chi connectivity index (χ1v) is 9.87. The molecule has 3 amide bonds. The number of carbonyl (C=O) groups is 3. The van der Waals surface area contributed by atoms with E-state index in [2.05, 4.69) is 5.32 Å². The van der Waals surface area contributed by atoms with E-state index in [1.54, 1.807) is 25.3 Å². The molecular formula is C22H22N2O4S. The first-order valence-electron chi connectivity index (χ1n) is 9.05. The first kappa shape index (κ1) is 20.7. The smallest absolute Gasteiger partial charge is 0.294 e. The second-order valence-electron chi connectivity index (χ2n) is 6.86. The van der Waals surface area contributed by atoms with E-state index in [4.69, 9.17) is 4.74 Å². The molecule has 1 aliphatic rings. The van der Waals surface area contributed by atoms with Gasteiger partial charge in [0.15, 0.2) is 0 Å². The number of thioether (sulfide) groups is 1. The maximum atomic E-state index is 12.6. The van der Waals surface area contributed by atoms with Gasteiger partial charge < -0.3 is 10.1 Å². The predicted molar refractivity (Wildman–Crippen MR) is 115 cm³/mol. The molecule has 2 aromatic rings. The quantitative estimate of drug-likeness (QED) is 0.744. The fraction of sp³-hybridized carbons (Fsp3) is 0.227. The maximum absolute atomic E-state index is 12.6. The van der Waals surface area contributed by atoms with Crippen LogP contribution in [0.3, 0.4) is 0 Å². The zero-order valence-corrected chi connectivity index (χ0v) is 17.6. The molecule has 1 aliphatic heterocycles. The molecule has 0 saturated carbocycles. The molecule has 0 spiro atoms. The number of carbonyl (C=O) groups excluding carboxylic acids is 3. The average molecular weight is 410 g/mol. The Hall–Kier alpha value is -3.06. The molecule has 0 radical (unpaired) electrons. The number of nitrogens with zero attached hydrogens (tertiary/aromatic N) is 1. The molecule has 3 rings (SSSR count). The Kier molecular flexibility index (Phi) is 6.08. The molecule has 7 heteroatoms. The van der Waals surface area contributed by atoms with Gasteiger partial charge in [-0.25, -0.2) is 0 Å². The number of rotatable bonds is 5. The Morgan fingerprint density at radius 3 is 2.55 bits per heavy atom. The predicted octanol–water partition coefficient (Wildman–Crippen LogP) is 4.30. The van der Waals surface area contributed by atoms with Crippen LogP contribution in [0.25, 0.3) is 6.08 Å². The molecule has 0 bridgehead atoms. The van der Waals surface area contributed by atoms with E-state index in [1.807, 2.05) is 45.0 Å². The van der Waals surface area contributed by atoms with E-state index >= 15 is 0 Å². The van der Waals surface area contributed by atoms with Crippen LogP contribution in [0.2, 0.25) is 0 Å². The molecule has 6 nitrogen and oxygen atoms in total. The summed E-state index contributed by atoms with van der Waals surface area (Å²) in [7, 11) is 1.58. The number of nitrogens with one attached hydrogen (secondary N) is 1. The maximum Gasteiger partial charge on any atom is 0.294 e. The second-order valence-corrected chi connectivity index (χ2v) is 7.86. The van der Waals surface area contributed by atoms with Gasteiger partial charge in [-0.05, 0) is 67.4 Å². The molecule has 2 aromatic carbocycles. The van der Waals surface area contributed by atoms with Crippen LogP contribution in [0.1, 0.15) is 22.3 Å². The van der Waals surface area contributed by atoms with Crippen molar-refractivity contribution in [3.8, 4) is 5.75 Å². The van der Waals surface area contributed by atoms with Crippen LogP contribution < -0.4 is 10.1 Å². The van der Waals surface area contributed by atoms with E-state index in [1.165, 1.54) is 0 Å². The number of ether oxygens (including phenoxy) is 1. The van der Waals surface area contributed by atoms with Crippen molar-refractivity contribution in [2.45, 2.75) is 20.8 Å². The minimum atomic E-state index is -0.477. The van der Waals surface area contributed by atoms with E-state index < -0.39 is 17.1 Å². The van der Waals surface area contributed by atoms with Gasteiger partial charge >= 0.3 is 0 Å². The molecule has 1 heterocycles. The van der Waals surface area contributed by atoms with Crippen LogP contribution in [-0.2, 0) is 9.59 Å². The molecule has 0 unspecified atom stereocenters. The van der Waals surface area contributed by atoms with Gasteiger partial charge in [-0.2, -0.15) is 0 Å². The van der Waals surface area contributed by atoms with Crippen molar-refractivity contribution in [2.75, 3.05) is 19.0 Å². The van der Waals surface area contributed by atoms with Gasteiger partial charge in [-0.3, -0.25) is 19.3 Å². The Balaban J connectivity index is 1.72. The highest BCUT2D eigenvalue weighted by molar-refractivity contribution is 8.18. The number of amides is 3. The third-order valence-corrected chi connectivity index (χ3v) is 5.47. The Labute approximate surface area is 173 Å². The number of hydrogen-bond donors (Lipinski definition) is 1.